The van der Waals surface area contributed by atoms with Crippen molar-refractivity contribution < 1.29 is 18.1 Å². The monoisotopic (exact) mass is 341 g/mol. The average molecular weight is 341 g/mol. The highest BCUT2D eigenvalue weighted by atomic mass is 32.2. The minimum atomic E-state index is -4.10. The zero-order valence-corrected chi connectivity index (χ0v) is 12.9. The standard InChI is InChI=1S/C12H11N3O5S2/c1-8-4-5-9(7-10(8)15(17)18)22(19,20)14-13-12(16)11-3-2-6-21-11/h2-7,14H,1H3,(H,13,16). The van der Waals surface area contributed by atoms with Gasteiger partial charge in [0.05, 0.1) is 14.7 Å². The van der Waals surface area contributed by atoms with Gasteiger partial charge in [0, 0.05) is 11.6 Å². The number of sulfonamides is 1. The van der Waals surface area contributed by atoms with E-state index >= 15 is 0 Å². The molecule has 0 aliphatic heterocycles. The van der Waals surface area contributed by atoms with Gasteiger partial charge in [0.25, 0.3) is 21.6 Å². The highest BCUT2D eigenvalue weighted by Gasteiger charge is 2.20. The fourth-order valence-corrected chi connectivity index (χ4v) is 3.07. The highest BCUT2D eigenvalue weighted by Crippen LogP contribution is 2.21. The van der Waals surface area contributed by atoms with Crippen molar-refractivity contribution in [1.82, 2.24) is 10.3 Å². The van der Waals surface area contributed by atoms with Crippen molar-refractivity contribution in [2.75, 3.05) is 0 Å². The van der Waals surface area contributed by atoms with Crippen molar-refractivity contribution in [1.29, 1.82) is 0 Å². The lowest BCUT2D eigenvalue weighted by atomic mass is 10.2. The quantitative estimate of drug-likeness (QED) is 0.632. The molecule has 0 atom stereocenters. The molecule has 0 bridgehead atoms. The minimum Gasteiger partial charge on any atom is -0.273 e. The fraction of sp³-hybridized carbons (Fsp3) is 0.0833. The van der Waals surface area contributed by atoms with Crippen LogP contribution in [0.2, 0.25) is 0 Å². The Hall–Kier alpha value is -2.30. The second-order valence-electron chi connectivity index (χ2n) is 4.24. The summed E-state index contributed by atoms with van der Waals surface area (Å²) >= 11 is 1.15. The second kappa shape index (κ2) is 6.22. The zero-order chi connectivity index (χ0) is 16.3. The van der Waals surface area contributed by atoms with Gasteiger partial charge in [-0.05, 0) is 24.4 Å². The second-order valence-corrected chi connectivity index (χ2v) is 6.87. The number of aryl methyl sites for hydroxylation is 1. The van der Waals surface area contributed by atoms with Crippen LogP contribution in [0, 0.1) is 17.0 Å². The number of rotatable bonds is 5. The Morgan fingerprint density at radius 1 is 1.32 bits per heavy atom. The van der Waals surface area contributed by atoms with Gasteiger partial charge in [0.2, 0.25) is 0 Å². The molecule has 22 heavy (non-hydrogen) atoms. The minimum absolute atomic E-state index is 0.309. The average Bonchev–Trinajstić information content (AvgIpc) is 2.99. The first-order valence-corrected chi connectivity index (χ1v) is 8.28. The highest BCUT2D eigenvalue weighted by molar-refractivity contribution is 7.89. The summed E-state index contributed by atoms with van der Waals surface area (Å²) in [4.78, 5) is 23.8. The van der Waals surface area contributed by atoms with Crippen LogP contribution in [0.15, 0.2) is 40.6 Å². The van der Waals surface area contributed by atoms with Crippen LogP contribution < -0.4 is 10.3 Å². The largest absolute Gasteiger partial charge is 0.276 e. The van der Waals surface area contributed by atoms with Crippen LogP contribution >= 0.6 is 11.3 Å². The van der Waals surface area contributed by atoms with Crippen molar-refractivity contribution in [2.45, 2.75) is 11.8 Å². The van der Waals surface area contributed by atoms with Crippen LogP contribution in [0.5, 0.6) is 0 Å². The van der Waals surface area contributed by atoms with Crippen LogP contribution in [0.1, 0.15) is 15.2 Å². The van der Waals surface area contributed by atoms with Crippen LogP contribution in [-0.4, -0.2) is 19.2 Å². The molecule has 0 spiro atoms. The van der Waals surface area contributed by atoms with Crippen molar-refractivity contribution in [3.8, 4) is 0 Å². The molecule has 0 aliphatic rings. The molecule has 0 saturated heterocycles. The van der Waals surface area contributed by atoms with Gasteiger partial charge in [-0.25, -0.2) is 8.42 Å². The summed E-state index contributed by atoms with van der Waals surface area (Å²) in [6.45, 7) is 1.50. The molecule has 2 rings (SSSR count). The predicted molar refractivity (Wildman–Crippen MR) is 79.9 cm³/mol. The number of nitro benzene ring substituents is 1. The normalized spacial score (nSPS) is 11.1. The van der Waals surface area contributed by atoms with Crippen LogP contribution in [0.25, 0.3) is 0 Å². The van der Waals surface area contributed by atoms with E-state index in [1.165, 1.54) is 25.1 Å². The number of carbonyl (C=O) groups excluding carboxylic acids is 1. The van der Waals surface area contributed by atoms with Crippen LogP contribution in [0.3, 0.4) is 0 Å². The number of amides is 1. The number of carbonyl (C=O) groups is 1. The van der Waals surface area contributed by atoms with Crippen LogP contribution in [-0.2, 0) is 10.0 Å². The molecular weight excluding hydrogens is 330 g/mol. The molecule has 0 aliphatic carbocycles. The summed E-state index contributed by atoms with van der Waals surface area (Å²) in [7, 11) is -4.10. The molecule has 2 N–H and O–H groups in total. The number of thiophene rings is 1. The van der Waals surface area contributed by atoms with Gasteiger partial charge in [-0.15, -0.1) is 16.2 Å². The Balaban J connectivity index is 2.19. The summed E-state index contributed by atoms with van der Waals surface area (Å²) in [6.07, 6.45) is 0. The maximum atomic E-state index is 12.0. The van der Waals surface area contributed by atoms with Gasteiger partial charge in [-0.1, -0.05) is 12.1 Å². The maximum Gasteiger partial charge on any atom is 0.276 e. The SMILES string of the molecule is Cc1ccc(S(=O)(=O)NNC(=O)c2cccs2)cc1[N+](=O)[O-]. The lowest BCUT2D eigenvalue weighted by Crippen LogP contribution is -2.41. The summed E-state index contributed by atoms with van der Waals surface area (Å²) in [6, 6.07) is 6.67. The van der Waals surface area contributed by atoms with E-state index in [1.807, 2.05) is 4.83 Å². The van der Waals surface area contributed by atoms with E-state index in [1.54, 1.807) is 11.4 Å². The molecule has 1 amide bonds. The molecule has 8 nitrogen and oxygen atoms in total. The molecule has 116 valence electrons. The van der Waals surface area contributed by atoms with Gasteiger partial charge in [0.1, 0.15) is 0 Å². The van der Waals surface area contributed by atoms with Gasteiger partial charge in [0.15, 0.2) is 0 Å². The Bertz CT molecular complexity index is 815. The number of nitrogens with zero attached hydrogens (tertiary/aromatic N) is 1. The molecule has 0 radical (unpaired) electrons. The molecule has 0 unspecified atom stereocenters. The van der Waals surface area contributed by atoms with Gasteiger partial charge in [-0.3, -0.25) is 20.3 Å². The van der Waals surface area contributed by atoms with E-state index in [0.717, 1.165) is 17.4 Å². The third kappa shape index (κ3) is 3.47. The van der Waals surface area contributed by atoms with Gasteiger partial charge >= 0.3 is 0 Å². The van der Waals surface area contributed by atoms with Crippen molar-refractivity contribution in [3.05, 3.63) is 56.3 Å². The molecule has 0 fully saturated rings. The number of hydrogen-bond donors (Lipinski definition) is 2. The van der Waals surface area contributed by atoms with E-state index < -0.39 is 20.9 Å². The Kier molecular flexibility index (Phi) is 4.54. The van der Waals surface area contributed by atoms with E-state index in [0.29, 0.717) is 10.4 Å². The third-order valence-corrected chi connectivity index (χ3v) is 4.85. The smallest absolute Gasteiger partial charge is 0.273 e. The van der Waals surface area contributed by atoms with Crippen LogP contribution in [0.4, 0.5) is 5.69 Å². The Morgan fingerprint density at radius 2 is 2.05 bits per heavy atom. The van der Waals surface area contributed by atoms with E-state index in [4.69, 9.17) is 0 Å². The summed E-state index contributed by atoms with van der Waals surface area (Å²) < 4.78 is 24.1. The van der Waals surface area contributed by atoms with Crippen molar-refractivity contribution >= 4 is 33.0 Å². The van der Waals surface area contributed by atoms with E-state index in [9.17, 15) is 23.3 Å². The molecule has 2 aromatic rings. The molecule has 1 aromatic carbocycles. The topological polar surface area (TPSA) is 118 Å². The van der Waals surface area contributed by atoms with Gasteiger partial charge in [-0.2, -0.15) is 0 Å². The zero-order valence-electron chi connectivity index (χ0n) is 11.3. The molecular formula is C12H11N3O5S2. The number of benzene rings is 1. The predicted octanol–water partition coefficient (Wildman–Crippen LogP) is 1.59. The Labute approximate surface area is 130 Å². The maximum absolute atomic E-state index is 12.0. The van der Waals surface area contributed by atoms with E-state index in [2.05, 4.69) is 5.43 Å². The molecule has 1 heterocycles. The number of nitro groups is 1. The lowest BCUT2D eigenvalue weighted by molar-refractivity contribution is -0.385. The lowest BCUT2D eigenvalue weighted by Gasteiger charge is -2.08. The number of nitrogens with one attached hydrogen (secondary N) is 2. The summed E-state index contributed by atoms with van der Waals surface area (Å²) in [5.74, 6) is -0.611. The molecule has 0 saturated carbocycles. The molecule has 10 heteroatoms. The summed E-state index contributed by atoms with van der Waals surface area (Å²) in [5, 5.41) is 12.5. The van der Waals surface area contributed by atoms with Crippen molar-refractivity contribution in [3.63, 3.8) is 0 Å². The first-order chi connectivity index (χ1) is 10.3. The van der Waals surface area contributed by atoms with Crippen molar-refractivity contribution in [2.24, 2.45) is 0 Å². The first-order valence-electron chi connectivity index (χ1n) is 5.92. The fourth-order valence-electron chi connectivity index (χ4n) is 1.59. The Morgan fingerprint density at radius 3 is 2.64 bits per heavy atom. The third-order valence-electron chi connectivity index (χ3n) is 2.73. The number of hydrazine groups is 1. The van der Waals surface area contributed by atoms with Gasteiger partial charge < -0.3 is 0 Å². The molecule has 1 aromatic heterocycles. The number of hydrogen-bond acceptors (Lipinski definition) is 6. The summed E-state index contributed by atoms with van der Waals surface area (Å²) in [5.41, 5.74) is 2.08. The van der Waals surface area contributed by atoms with E-state index in [-0.39, 0.29) is 10.6 Å². The first kappa shape index (κ1) is 16.1.